The van der Waals surface area contributed by atoms with Gasteiger partial charge in [-0.05, 0) is 56.7 Å². The summed E-state index contributed by atoms with van der Waals surface area (Å²) in [6.07, 6.45) is 3.53. The van der Waals surface area contributed by atoms with Crippen molar-refractivity contribution in [3.05, 3.63) is 66.2 Å². The number of anilines is 1. The van der Waals surface area contributed by atoms with Crippen LogP contribution in [0, 0.1) is 5.92 Å². The van der Waals surface area contributed by atoms with Crippen LogP contribution in [-0.2, 0) is 6.54 Å². The molecule has 3 atom stereocenters. The Morgan fingerprint density at radius 1 is 1.00 bits per heavy atom. The number of piperidine rings is 1. The summed E-state index contributed by atoms with van der Waals surface area (Å²) in [7, 11) is 0. The van der Waals surface area contributed by atoms with E-state index in [1.165, 1.54) is 17.7 Å². The monoisotopic (exact) mass is 433 g/mol. The predicted octanol–water partition coefficient (Wildman–Crippen LogP) is 4.12. The Morgan fingerprint density at radius 3 is 2.47 bits per heavy atom. The number of hydrogen-bond acceptors (Lipinski definition) is 3. The first-order chi connectivity index (χ1) is 15.7. The van der Waals surface area contributed by atoms with Crippen LogP contribution in [0.4, 0.5) is 5.69 Å². The molecule has 5 nitrogen and oxygen atoms in total. The lowest BCUT2D eigenvalue weighted by molar-refractivity contribution is 0.134. The quantitative estimate of drug-likeness (QED) is 0.509. The second kappa shape index (κ2) is 11.4. The minimum Gasteiger partial charge on any atom is -0.371 e. The number of benzene rings is 2. The zero-order valence-corrected chi connectivity index (χ0v) is 19.7. The second-order valence-electron chi connectivity index (χ2n) is 9.33. The van der Waals surface area contributed by atoms with Crippen molar-refractivity contribution in [3.63, 3.8) is 0 Å². The number of guanidine groups is 1. The van der Waals surface area contributed by atoms with Gasteiger partial charge in [-0.2, -0.15) is 0 Å². The number of nitrogens with zero attached hydrogens (tertiary/aromatic N) is 3. The highest BCUT2D eigenvalue weighted by Crippen LogP contribution is 2.24. The summed E-state index contributed by atoms with van der Waals surface area (Å²) in [5.41, 5.74) is 2.74. The Morgan fingerprint density at radius 2 is 1.75 bits per heavy atom. The zero-order chi connectivity index (χ0) is 22.2. The molecular formula is C27H39N5. The van der Waals surface area contributed by atoms with Gasteiger partial charge in [-0.25, -0.2) is 0 Å². The van der Waals surface area contributed by atoms with Gasteiger partial charge < -0.3 is 15.5 Å². The van der Waals surface area contributed by atoms with Crippen molar-refractivity contribution < 1.29 is 0 Å². The molecule has 2 aliphatic rings. The van der Waals surface area contributed by atoms with Crippen LogP contribution in [0.3, 0.4) is 0 Å². The van der Waals surface area contributed by atoms with E-state index in [-0.39, 0.29) is 0 Å². The van der Waals surface area contributed by atoms with Crippen LogP contribution in [0.2, 0.25) is 0 Å². The first-order valence-electron chi connectivity index (χ1n) is 12.3. The predicted molar refractivity (Wildman–Crippen MR) is 135 cm³/mol. The van der Waals surface area contributed by atoms with Gasteiger partial charge in [0.15, 0.2) is 5.96 Å². The van der Waals surface area contributed by atoms with E-state index >= 15 is 0 Å². The molecule has 0 saturated carbocycles. The normalized spacial score (nSPS) is 24.5. The lowest BCUT2D eigenvalue weighted by Crippen LogP contribution is -2.51. The van der Waals surface area contributed by atoms with E-state index in [4.69, 9.17) is 4.99 Å². The fraction of sp³-hybridized carbons (Fsp3) is 0.519. The maximum absolute atomic E-state index is 4.98. The number of rotatable bonds is 7. The third-order valence-electron chi connectivity index (χ3n) is 6.84. The molecule has 172 valence electrons. The highest BCUT2D eigenvalue weighted by Gasteiger charge is 2.26. The summed E-state index contributed by atoms with van der Waals surface area (Å²) >= 11 is 0. The second-order valence-corrected chi connectivity index (χ2v) is 9.33. The summed E-state index contributed by atoms with van der Waals surface area (Å²) in [6.45, 7) is 10.7. The molecule has 0 amide bonds. The van der Waals surface area contributed by atoms with Gasteiger partial charge in [0.1, 0.15) is 0 Å². The number of aliphatic imine (C=N–C) groups is 1. The van der Waals surface area contributed by atoms with Gasteiger partial charge in [0.05, 0.1) is 0 Å². The van der Waals surface area contributed by atoms with Crippen molar-refractivity contribution in [1.29, 1.82) is 0 Å². The van der Waals surface area contributed by atoms with E-state index in [0.717, 1.165) is 58.1 Å². The molecule has 2 saturated heterocycles. The van der Waals surface area contributed by atoms with E-state index in [0.29, 0.717) is 18.0 Å². The Labute approximate surface area is 193 Å². The Hall–Kier alpha value is -2.53. The van der Waals surface area contributed by atoms with Gasteiger partial charge >= 0.3 is 0 Å². The van der Waals surface area contributed by atoms with Crippen LogP contribution >= 0.6 is 0 Å². The number of nitrogens with one attached hydrogen (secondary N) is 2. The summed E-state index contributed by atoms with van der Waals surface area (Å²) in [4.78, 5) is 10.1. The lowest BCUT2D eigenvalue weighted by atomic mass is 9.97. The van der Waals surface area contributed by atoms with Crippen molar-refractivity contribution in [3.8, 4) is 0 Å². The smallest absolute Gasteiger partial charge is 0.191 e. The van der Waals surface area contributed by atoms with Crippen molar-refractivity contribution >= 4 is 11.6 Å². The molecule has 0 aromatic heterocycles. The molecule has 0 aliphatic carbocycles. The van der Waals surface area contributed by atoms with Crippen molar-refractivity contribution in [2.75, 3.05) is 37.6 Å². The molecule has 2 aromatic carbocycles. The average molecular weight is 434 g/mol. The van der Waals surface area contributed by atoms with Gasteiger partial charge in [0.2, 0.25) is 0 Å². The van der Waals surface area contributed by atoms with E-state index < -0.39 is 0 Å². The molecule has 2 heterocycles. The van der Waals surface area contributed by atoms with Crippen LogP contribution in [0.1, 0.15) is 38.7 Å². The largest absolute Gasteiger partial charge is 0.371 e. The van der Waals surface area contributed by atoms with Crippen molar-refractivity contribution in [2.45, 2.75) is 51.7 Å². The molecule has 2 aromatic rings. The number of hydrogen-bond donors (Lipinski definition) is 2. The van der Waals surface area contributed by atoms with Gasteiger partial charge in [-0.15, -0.1) is 0 Å². The van der Waals surface area contributed by atoms with E-state index in [1.807, 2.05) is 0 Å². The van der Waals surface area contributed by atoms with E-state index in [1.54, 1.807) is 0 Å². The van der Waals surface area contributed by atoms with Crippen LogP contribution < -0.4 is 15.5 Å². The highest BCUT2D eigenvalue weighted by molar-refractivity contribution is 5.80. The van der Waals surface area contributed by atoms with Crippen LogP contribution in [0.25, 0.3) is 0 Å². The molecule has 0 spiro atoms. The third kappa shape index (κ3) is 6.26. The molecule has 0 radical (unpaired) electrons. The van der Waals surface area contributed by atoms with Crippen LogP contribution in [-0.4, -0.2) is 55.7 Å². The Bertz CT molecular complexity index is 838. The first-order valence-corrected chi connectivity index (χ1v) is 12.3. The summed E-state index contributed by atoms with van der Waals surface area (Å²) in [5.74, 6) is 1.61. The van der Waals surface area contributed by atoms with Gasteiger partial charge in [0.25, 0.3) is 0 Å². The molecule has 0 bridgehead atoms. The van der Waals surface area contributed by atoms with Crippen LogP contribution in [0.5, 0.6) is 0 Å². The molecular weight excluding hydrogens is 394 g/mol. The SMILES string of the molecule is CCNC(=NCC1CCN(c2ccccc2)C1)NC1CCN(Cc2ccccc2)C(C)C1. The van der Waals surface area contributed by atoms with Gasteiger partial charge in [-0.1, -0.05) is 48.5 Å². The minimum absolute atomic E-state index is 0.485. The highest BCUT2D eigenvalue weighted by atomic mass is 15.2. The maximum Gasteiger partial charge on any atom is 0.191 e. The summed E-state index contributed by atoms with van der Waals surface area (Å²) in [5, 5.41) is 7.21. The fourth-order valence-electron chi connectivity index (χ4n) is 4.99. The zero-order valence-electron chi connectivity index (χ0n) is 19.7. The summed E-state index contributed by atoms with van der Waals surface area (Å²) in [6, 6.07) is 22.6. The fourth-order valence-corrected chi connectivity index (χ4v) is 4.99. The van der Waals surface area contributed by atoms with E-state index in [9.17, 15) is 0 Å². The van der Waals surface area contributed by atoms with Crippen molar-refractivity contribution in [2.24, 2.45) is 10.9 Å². The van der Waals surface area contributed by atoms with E-state index in [2.05, 4.69) is 94.9 Å². The molecule has 5 heteroatoms. The third-order valence-corrected chi connectivity index (χ3v) is 6.84. The Kier molecular flexibility index (Phi) is 8.05. The van der Waals surface area contributed by atoms with Crippen LogP contribution in [0.15, 0.2) is 65.7 Å². The molecule has 32 heavy (non-hydrogen) atoms. The summed E-state index contributed by atoms with van der Waals surface area (Å²) < 4.78 is 0. The topological polar surface area (TPSA) is 42.9 Å². The Balaban J connectivity index is 1.26. The van der Waals surface area contributed by atoms with Crippen molar-refractivity contribution in [1.82, 2.24) is 15.5 Å². The molecule has 4 rings (SSSR count). The minimum atomic E-state index is 0.485. The molecule has 2 aliphatic heterocycles. The standard InChI is InChI=1S/C27H39N5/c1-3-28-27(29-19-24-14-16-32(21-24)26-12-8-5-9-13-26)30-25-15-17-31(22(2)18-25)20-23-10-6-4-7-11-23/h4-13,22,24-25H,3,14-21H2,1-2H3,(H2,28,29,30). The molecule has 3 unspecified atom stereocenters. The first kappa shape index (κ1) is 22.7. The number of likely N-dealkylation sites (tertiary alicyclic amines) is 1. The average Bonchev–Trinajstić information content (AvgIpc) is 3.30. The van der Waals surface area contributed by atoms with Gasteiger partial charge in [0, 0.05) is 57.0 Å². The van der Waals surface area contributed by atoms with Gasteiger partial charge in [-0.3, -0.25) is 9.89 Å². The molecule has 2 N–H and O–H groups in total. The lowest BCUT2D eigenvalue weighted by Gasteiger charge is -2.38. The maximum atomic E-state index is 4.98. The molecule has 2 fully saturated rings. The number of para-hydroxylation sites is 1.